The predicted molar refractivity (Wildman–Crippen MR) is 132 cm³/mol. The number of hydrogen-bond acceptors (Lipinski definition) is 9. The van der Waals surface area contributed by atoms with E-state index in [1.165, 1.54) is 32.2 Å². The van der Waals surface area contributed by atoms with Gasteiger partial charge in [0.05, 0.1) is 28.0 Å². The summed E-state index contributed by atoms with van der Waals surface area (Å²) >= 11 is 4.19. The fourth-order valence-electron chi connectivity index (χ4n) is 3.18. The van der Waals surface area contributed by atoms with Gasteiger partial charge in [-0.1, -0.05) is 0 Å². The lowest BCUT2D eigenvalue weighted by Gasteiger charge is -2.18. The molecule has 1 atom stereocenters. The van der Waals surface area contributed by atoms with Gasteiger partial charge in [-0.25, -0.2) is 4.79 Å². The van der Waals surface area contributed by atoms with Crippen molar-refractivity contribution in [3.8, 4) is 11.5 Å². The standard InChI is InChI=1S/C23H21BrN2O8S/c1-4-33-18-10-15(11-19-21(27)25(23(29)35-19)13(2)22(28)32-3)9-17(24)20(18)34-12-14-5-7-16(8-6-14)26(30)31/h5-11,13H,4,12H2,1-3H3/b19-11+/t13-/m0/s1. The molecule has 0 spiro atoms. The third-order valence-corrected chi connectivity index (χ3v) is 6.39. The Hall–Kier alpha value is -3.38. The molecule has 1 heterocycles. The number of methoxy groups -OCH3 is 1. The highest BCUT2D eigenvalue weighted by Gasteiger charge is 2.41. The van der Waals surface area contributed by atoms with E-state index in [0.29, 0.717) is 28.1 Å². The van der Waals surface area contributed by atoms with Crippen LogP contribution < -0.4 is 9.47 Å². The number of rotatable bonds is 9. The maximum Gasteiger partial charge on any atom is 0.328 e. The highest BCUT2D eigenvalue weighted by molar-refractivity contribution is 9.10. The van der Waals surface area contributed by atoms with Crippen molar-refractivity contribution in [3.05, 3.63) is 67.0 Å². The van der Waals surface area contributed by atoms with Crippen molar-refractivity contribution in [2.45, 2.75) is 26.5 Å². The van der Waals surface area contributed by atoms with Gasteiger partial charge in [0.1, 0.15) is 12.6 Å². The molecular formula is C23H21BrN2O8S. The van der Waals surface area contributed by atoms with Gasteiger partial charge in [0.15, 0.2) is 11.5 Å². The average molecular weight is 565 g/mol. The van der Waals surface area contributed by atoms with Gasteiger partial charge in [-0.3, -0.25) is 24.6 Å². The van der Waals surface area contributed by atoms with Crippen molar-refractivity contribution in [2.75, 3.05) is 13.7 Å². The number of non-ortho nitro benzene ring substituents is 1. The normalized spacial score (nSPS) is 15.3. The van der Waals surface area contributed by atoms with Crippen LogP contribution in [0.15, 0.2) is 45.8 Å². The molecule has 0 unspecified atom stereocenters. The Kier molecular flexibility index (Phi) is 8.52. The van der Waals surface area contributed by atoms with E-state index in [2.05, 4.69) is 20.7 Å². The fraction of sp³-hybridized carbons (Fsp3) is 0.261. The number of benzene rings is 2. The summed E-state index contributed by atoms with van der Waals surface area (Å²) in [6, 6.07) is 8.32. The number of esters is 1. The summed E-state index contributed by atoms with van der Waals surface area (Å²) in [5.74, 6) is -0.470. The van der Waals surface area contributed by atoms with Crippen molar-refractivity contribution in [2.24, 2.45) is 0 Å². The van der Waals surface area contributed by atoms with Crippen LogP contribution in [0.5, 0.6) is 11.5 Å². The molecule has 0 radical (unpaired) electrons. The number of carbonyl (C=O) groups is 3. The molecule has 184 valence electrons. The van der Waals surface area contributed by atoms with Gasteiger partial charge in [-0.05, 0) is 83.0 Å². The lowest BCUT2D eigenvalue weighted by molar-refractivity contribution is -0.384. The number of nitro groups is 1. The van der Waals surface area contributed by atoms with E-state index in [0.717, 1.165) is 22.2 Å². The van der Waals surface area contributed by atoms with Crippen LogP contribution in [-0.2, 0) is 20.9 Å². The smallest absolute Gasteiger partial charge is 0.328 e. The van der Waals surface area contributed by atoms with Gasteiger partial charge < -0.3 is 14.2 Å². The number of nitro benzene ring substituents is 1. The molecule has 3 rings (SSSR count). The van der Waals surface area contributed by atoms with E-state index in [-0.39, 0.29) is 17.2 Å². The van der Waals surface area contributed by atoms with E-state index >= 15 is 0 Å². The van der Waals surface area contributed by atoms with Crippen LogP contribution in [0, 0.1) is 10.1 Å². The minimum atomic E-state index is -1.04. The van der Waals surface area contributed by atoms with Crippen LogP contribution in [0.1, 0.15) is 25.0 Å². The number of nitrogens with zero attached hydrogens (tertiary/aromatic N) is 2. The zero-order valence-electron chi connectivity index (χ0n) is 19.0. The van der Waals surface area contributed by atoms with Gasteiger partial charge in [0.2, 0.25) is 0 Å². The van der Waals surface area contributed by atoms with Gasteiger partial charge >= 0.3 is 5.97 Å². The summed E-state index contributed by atoms with van der Waals surface area (Å²) < 4.78 is 16.8. The van der Waals surface area contributed by atoms with Gasteiger partial charge in [-0.2, -0.15) is 0 Å². The molecule has 2 amide bonds. The summed E-state index contributed by atoms with van der Waals surface area (Å²) in [6.07, 6.45) is 1.53. The van der Waals surface area contributed by atoms with Crippen LogP contribution in [0.3, 0.4) is 0 Å². The Bertz CT molecular complexity index is 1200. The SMILES string of the molecule is CCOc1cc(/C=C2/SC(=O)N([C@@H](C)C(=O)OC)C2=O)cc(Br)c1OCc1ccc([N+](=O)[O-])cc1. The fourth-order valence-corrected chi connectivity index (χ4v) is 4.67. The highest BCUT2D eigenvalue weighted by Crippen LogP contribution is 2.40. The zero-order valence-corrected chi connectivity index (χ0v) is 21.4. The Labute approximate surface area is 213 Å². The molecule has 1 aliphatic rings. The Morgan fingerprint density at radius 3 is 2.51 bits per heavy atom. The van der Waals surface area contributed by atoms with Gasteiger partial charge in [-0.15, -0.1) is 0 Å². The van der Waals surface area contributed by atoms with E-state index in [1.54, 1.807) is 31.2 Å². The zero-order chi connectivity index (χ0) is 25.7. The summed E-state index contributed by atoms with van der Waals surface area (Å²) in [7, 11) is 1.19. The van der Waals surface area contributed by atoms with Crippen molar-refractivity contribution in [1.29, 1.82) is 0 Å². The first-order valence-corrected chi connectivity index (χ1v) is 11.9. The minimum Gasteiger partial charge on any atom is -0.490 e. The summed E-state index contributed by atoms with van der Waals surface area (Å²) in [4.78, 5) is 48.3. The van der Waals surface area contributed by atoms with Gasteiger partial charge in [0.25, 0.3) is 16.8 Å². The maximum atomic E-state index is 12.8. The lowest BCUT2D eigenvalue weighted by Crippen LogP contribution is -2.42. The van der Waals surface area contributed by atoms with Crippen LogP contribution >= 0.6 is 27.7 Å². The first-order valence-electron chi connectivity index (χ1n) is 10.3. The second kappa shape index (κ2) is 11.4. The molecule has 12 heteroatoms. The number of imide groups is 1. The van der Waals surface area contributed by atoms with E-state index in [1.807, 2.05) is 0 Å². The molecule has 0 aromatic heterocycles. The average Bonchev–Trinajstić information content (AvgIpc) is 3.10. The molecule has 0 saturated carbocycles. The topological polar surface area (TPSA) is 125 Å². The van der Waals surface area contributed by atoms with Crippen LogP contribution in [0.25, 0.3) is 6.08 Å². The largest absolute Gasteiger partial charge is 0.490 e. The van der Waals surface area contributed by atoms with Gasteiger partial charge in [0, 0.05) is 12.1 Å². The van der Waals surface area contributed by atoms with Crippen molar-refractivity contribution < 1.29 is 33.5 Å². The van der Waals surface area contributed by atoms with Crippen LogP contribution in [0.4, 0.5) is 10.5 Å². The molecule has 0 aliphatic carbocycles. The second-order valence-electron chi connectivity index (χ2n) is 7.23. The predicted octanol–water partition coefficient (Wildman–Crippen LogP) is 4.93. The van der Waals surface area contributed by atoms with E-state index in [4.69, 9.17) is 9.47 Å². The molecule has 2 aromatic carbocycles. The molecular weight excluding hydrogens is 544 g/mol. The molecule has 10 nitrogen and oxygen atoms in total. The lowest BCUT2D eigenvalue weighted by atomic mass is 10.1. The number of hydrogen-bond donors (Lipinski definition) is 0. The third kappa shape index (κ3) is 6.01. The van der Waals surface area contributed by atoms with Crippen LogP contribution in [0.2, 0.25) is 0 Å². The Balaban J connectivity index is 1.84. The highest BCUT2D eigenvalue weighted by atomic mass is 79.9. The number of carbonyl (C=O) groups excluding carboxylic acids is 3. The minimum absolute atomic E-state index is 0.0142. The summed E-state index contributed by atoms with van der Waals surface area (Å²) in [5, 5.41) is 10.3. The second-order valence-corrected chi connectivity index (χ2v) is 9.07. The quantitative estimate of drug-likeness (QED) is 0.180. The molecule has 0 N–H and O–H groups in total. The van der Waals surface area contributed by atoms with Crippen molar-refractivity contribution in [1.82, 2.24) is 4.90 Å². The number of amides is 2. The molecule has 2 aromatic rings. The van der Waals surface area contributed by atoms with Crippen molar-refractivity contribution >= 4 is 56.6 Å². The molecule has 1 aliphatic heterocycles. The maximum absolute atomic E-state index is 12.8. The molecule has 1 saturated heterocycles. The molecule has 0 bridgehead atoms. The monoisotopic (exact) mass is 564 g/mol. The van der Waals surface area contributed by atoms with Crippen LogP contribution in [-0.4, -0.2) is 46.7 Å². The Morgan fingerprint density at radius 2 is 1.91 bits per heavy atom. The first-order chi connectivity index (χ1) is 16.7. The van der Waals surface area contributed by atoms with E-state index < -0.39 is 28.1 Å². The van der Waals surface area contributed by atoms with Crippen molar-refractivity contribution in [3.63, 3.8) is 0 Å². The Morgan fingerprint density at radius 1 is 1.23 bits per heavy atom. The number of ether oxygens (including phenoxy) is 3. The molecule has 35 heavy (non-hydrogen) atoms. The first kappa shape index (κ1) is 26.2. The summed E-state index contributed by atoms with van der Waals surface area (Å²) in [6.45, 7) is 3.71. The summed E-state index contributed by atoms with van der Waals surface area (Å²) in [5.41, 5.74) is 1.28. The third-order valence-electron chi connectivity index (χ3n) is 4.91. The van der Waals surface area contributed by atoms with E-state index in [9.17, 15) is 24.5 Å². The number of thioether (sulfide) groups is 1. The number of halogens is 1. The molecule has 1 fully saturated rings.